The molecule has 1 aliphatic rings. The Morgan fingerprint density at radius 1 is 1.11 bits per heavy atom. The van der Waals surface area contributed by atoms with Gasteiger partial charge in [-0.25, -0.2) is 12.8 Å². The van der Waals surface area contributed by atoms with E-state index < -0.39 is 10.0 Å². The van der Waals surface area contributed by atoms with Crippen molar-refractivity contribution in [2.45, 2.75) is 11.5 Å². The van der Waals surface area contributed by atoms with Gasteiger partial charge in [-0.1, -0.05) is 6.07 Å². The highest BCUT2D eigenvalue weighted by Gasteiger charge is 2.26. The quantitative estimate of drug-likeness (QED) is 0.656. The summed E-state index contributed by atoms with van der Waals surface area (Å²) in [7, 11) is -3.54. The Hall–Kier alpha value is -2.55. The summed E-state index contributed by atoms with van der Waals surface area (Å²) in [5.41, 5.74) is 1.30. The van der Waals surface area contributed by atoms with E-state index in [1.54, 1.807) is 30.5 Å². The number of benzene rings is 2. The number of ether oxygens (including phenoxy) is 2. The van der Waals surface area contributed by atoms with Gasteiger partial charge >= 0.3 is 0 Å². The number of pyridine rings is 1. The maximum atomic E-state index is 13.8. The molecular weight excluding hydrogens is 383 g/mol. The van der Waals surface area contributed by atoms with E-state index in [-0.39, 0.29) is 17.3 Å². The third-order valence-corrected chi connectivity index (χ3v) is 6.49. The second-order valence-electron chi connectivity index (χ2n) is 6.42. The first-order valence-electron chi connectivity index (χ1n) is 8.88. The van der Waals surface area contributed by atoms with Gasteiger partial charge in [0.25, 0.3) is 0 Å². The van der Waals surface area contributed by atoms with Gasteiger partial charge in [0.15, 0.2) is 0 Å². The minimum atomic E-state index is -3.54. The predicted octanol–water partition coefficient (Wildman–Crippen LogP) is 2.97. The Morgan fingerprint density at radius 2 is 1.86 bits per heavy atom. The van der Waals surface area contributed by atoms with Crippen LogP contribution in [0.5, 0.6) is 5.75 Å². The molecule has 8 heteroatoms. The van der Waals surface area contributed by atoms with E-state index in [4.69, 9.17) is 9.47 Å². The Bertz CT molecular complexity index is 1080. The van der Waals surface area contributed by atoms with Crippen molar-refractivity contribution in [2.24, 2.45) is 0 Å². The maximum absolute atomic E-state index is 13.8. The average molecular weight is 402 g/mol. The molecule has 0 bridgehead atoms. The number of hydrogen-bond donors (Lipinski definition) is 0. The van der Waals surface area contributed by atoms with Gasteiger partial charge in [0.1, 0.15) is 18.2 Å². The number of morpholine rings is 1. The fraction of sp³-hybridized carbons (Fsp3) is 0.250. The maximum Gasteiger partial charge on any atom is 0.243 e. The first-order chi connectivity index (χ1) is 13.5. The van der Waals surface area contributed by atoms with Crippen LogP contribution < -0.4 is 4.74 Å². The third-order valence-electron chi connectivity index (χ3n) is 4.57. The van der Waals surface area contributed by atoms with Crippen LogP contribution in [0.15, 0.2) is 59.6 Å². The zero-order chi connectivity index (χ0) is 19.6. The third kappa shape index (κ3) is 3.84. The normalized spacial score (nSPS) is 15.6. The molecule has 4 rings (SSSR count). The molecule has 0 saturated carbocycles. The fourth-order valence-electron chi connectivity index (χ4n) is 3.14. The van der Waals surface area contributed by atoms with Gasteiger partial charge in [-0.15, -0.1) is 0 Å². The van der Waals surface area contributed by atoms with Gasteiger partial charge < -0.3 is 9.47 Å². The van der Waals surface area contributed by atoms with Crippen molar-refractivity contribution in [3.63, 3.8) is 0 Å². The van der Waals surface area contributed by atoms with Crippen molar-refractivity contribution in [1.82, 2.24) is 9.29 Å². The molecule has 2 aromatic carbocycles. The monoisotopic (exact) mass is 402 g/mol. The number of sulfonamides is 1. The van der Waals surface area contributed by atoms with Crippen molar-refractivity contribution in [2.75, 3.05) is 26.3 Å². The van der Waals surface area contributed by atoms with Gasteiger partial charge in [-0.05, 0) is 42.5 Å². The van der Waals surface area contributed by atoms with E-state index in [2.05, 4.69) is 4.98 Å². The zero-order valence-electron chi connectivity index (χ0n) is 15.0. The zero-order valence-corrected chi connectivity index (χ0v) is 15.9. The number of fused-ring (bicyclic) bond motifs is 1. The molecular formula is C20H19FN2O4S. The van der Waals surface area contributed by atoms with E-state index in [0.29, 0.717) is 48.5 Å². The standard InChI is InChI=1S/C20H19FN2O4S/c21-17-12-15-2-1-7-22-20(15)16(13-17)14-27-18-3-5-19(6-4-18)28(24,25)23-8-10-26-11-9-23/h1-7,12-13H,8-11,14H2. The van der Waals surface area contributed by atoms with Crippen LogP contribution >= 0.6 is 0 Å². The molecule has 1 fully saturated rings. The SMILES string of the molecule is O=S(=O)(c1ccc(OCc2cc(F)cc3cccnc23)cc1)N1CCOCC1. The van der Waals surface area contributed by atoms with Crippen molar-refractivity contribution >= 4 is 20.9 Å². The minimum absolute atomic E-state index is 0.126. The van der Waals surface area contributed by atoms with Gasteiger partial charge in [-0.2, -0.15) is 4.31 Å². The molecule has 2 heterocycles. The predicted molar refractivity (Wildman–Crippen MR) is 102 cm³/mol. The van der Waals surface area contributed by atoms with Gasteiger partial charge in [0.05, 0.1) is 23.6 Å². The molecule has 0 amide bonds. The lowest BCUT2D eigenvalue weighted by Crippen LogP contribution is -2.40. The second-order valence-corrected chi connectivity index (χ2v) is 8.35. The van der Waals surface area contributed by atoms with Crippen molar-refractivity contribution in [3.05, 3.63) is 66.1 Å². The summed E-state index contributed by atoms with van der Waals surface area (Å²) in [6.45, 7) is 1.62. The molecule has 6 nitrogen and oxygen atoms in total. The Labute approximate surface area is 162 Å². The highest BCUT2D eigenvalue weighted by Crippen LogP contribution is 2.23. The van der Waals surface area contributed by atoms with Gasteiger partial charge in [0, 0.05) is 30.2 Å². The number of halogens is 1. The first-order valence-corrected chi connectivity index (χ1v) is 10.3. The highest BCUT2D eigenvalue weighted by molar-refractivity contribution is 7.89. The van der Waals surface area contributed by atoms with Crippen molar-refractivity contribution in [1.29, 1.82) is 0 Å². The molecule has 1 aliphatic heterocycles. The molecule has 0 aliphatic carbocycles. The van der Waals surface area contributed by atoms with Crippen LogP contribution in [0.1, 0.15) is 5.56 Å². The molecule has 0 N–H and O–H groups in total. The summed E-state index contributed by atoms with van der Waals surface area (Å²) in [6, 6.07) is 12.6. The molecule has 0 unspecified atom stereocenters. The minimum Gasteiger partial charge on any atom is -0.489 e. The number of rotatable bonds is 5. The summed E-state index contributed by atoms with van der Waals surface area (Å²) in [6.07, 6.45) is 1.65. The smallest absolute Gasteiger partial charge is 0.243 e. The molecule has 0 atom stereocenters. The van der Waals surface area contributed by atoms with Crippen LogP contribution in [0.3, 0.4) is 0 Å². The van der Waals surface area contributed by atoms with E-state index in [0.717, 1.165) is 0 Å². The van der Waals surface area contributed by atoms with Gasteiger partial charge in [0.2, 0.25) is 10.0 Å². The summed E-state index contributed by atoms with van der Waals surface area (Å²) in [5.74, 6) is 0.139. The molecule has 146 valence electrons. The average Bonchev–Trinajstić information content (AvgIpc) is 2.73. The molecule has 0 radical (unpaired) electrons. The lowest BCUT2D eigenvalue weighted by atomic mass is 10.1. The highest BCUT2D eigenvalue weighted by atomic mass is 32.2. The van der Waals surface area contributed by atoms with E-state index in [1.807, 2.05) is 0 Å². The summed E-state index contributed by atoms with van der Waals surface area (Å²) in [5, 5.41) is 0.702. The summed E-state index contributed by atoms with van der Waals surface area (Å²) >= 11 is 0. The Balaban J connectivity index is 1.50. The fourth-order valence-corrected chi connectivity index (χ4v) is 4.55. The van der Waals surface area contributed by atoms with Crippen LogP contribution in [-0.4, -0.2) is 44.0 Å². The van der Waals surface area contributed by atoms with Crippen LogP contribution in [0, 0.1) is 5.82 Å². The lowest BCUT2D eigenvalue weighted by molar-refractivity contribution is 0.0730. The van der Waals surface area contributed by atoms with Crippen LogP contribution in [-0.2, 0) is 21.4 Å². The number of aromatic nitrogens is 1. The molecule has 0 spiro atoms. The molecule has 28 heavy (non-hydrogen) atoms. The van der Waals surface area contributed by atoms with Crippen molar-refractivity contribution in [3.8, 4) is 5.75 Å². The van der Waals surface area contributed by atoms with Crippen LogP contribution in [0.2, 0.25) is 0 Å². The van der Waals surface area contributed by atoms with Crippen LogP contribution in [0.25, 0.3) is 10.9 Å². The van der Waals surface area contributed by atoms with E-state index in [9.17, 15) is 12.8 Å². The van der Waals surface area contributed by atoms with Crippen LogP contribution in [0.4, 0.5) is 4.39 Å². The van der Waals surface area contributed by atoms with Crippen molar-refractivity contribution < 1.29 is 22.3 Å². The first kappa shape index (κ1) is 18.8. The lowest BCUT2D eigenvalue weighted by Gasteiger charge is -2.26. The topological polar surface area (TPSA) is 68.7 Å². The summed E-state index contributed by atoms with van der Waals surface area (Å²) < 4.78 is 51.5. The number of nitrogens with zero attached hydrogens (tertiary/aromatic N) is 2. The number of hydrogen-bond acceptors (Lipinski definition) is 5. The van der Waals surface area contributed by atoms with Gasteiger partial charge in [-0.3, -0.25) is 4.98 Å². The molecule has 1 aromatic heterocycles. The van der Waals surface area contributed by atoms with E-state index in [1.165, 1.54) is 28.6 Å². The largest absolute Gasteiger partial charge is 0.489 e. The van der Waals surface area contributed by atoms with E-state index >= 15 is 0 Å². The molecule has 1 saturated heterocycles. The Kier molecular flexibility index (Phi) is 5.25. The molecule has 3 aromatic rings. The Morgan fingerprint density at radius 3 is 2.61 bits per heavy atom. The summed E-state index contributed by atoms with van der Waals surface area (Å²) in [4.78, 5) is 4.50. The second kappa shape index (κ2) is 7.83.